The predicted octanol–water partition coefficient (Wildman–Crippen LogP) is 7.33. The minimum Gasteiger partial charge on any atom is -0.491 e. The summed E-state index contributed by atoms with van der Waals surface area (Å²) in [4.78, 5) is 0. The van der Waals surface area contributed by atoms with Crippen molar-refractivity contribution in [3.63, 3.8) is 0 Å². The van der Waals surface area contributed by atoms with E-state index in [1.807, 2.05) is 25.1 Å². The molecule has 31 heavy (non-hydrogen) atoms. The van der Waals surface area contributed by atoms with Crippen LogP contribution in [-0.2, 0) is 4.74 Å². The Morgan fingerprint density at radius 1 is 0.742 bits per heavy atom. The summed E-state index contributed by atoms with van der Waals surface area (Å²) in [6.07, 6.45) is 0.790. The Labute approximate surface area is 184 Å². The zero-order chi connectivity index (χ0) is 21.6. The largest absolute Gasteiger partial charge is 0.491 e. The van der Waals surface area contributed by atoms with E-state index in [4.69, 9.17) is 14.2 Å². The summed E-state index contributed by atoms with van der Waals surface area (Å²) in [7, 11) is 0. The smallest absolute Gasteiger partial charge is 0.197 e. The van der Waals surface area contributed by atoms with E-state index in [1.54, 1.807) is 0 Å². The number of hydrogen-bond donors (Lipinski definition) is 0. The molecule has 3 heteroatoms. The van der Waals surface area contributed by atoms with Crippen LogP contribution in [0, 0.1) is 0 Å². The summed E-state index contributed by atoms with van der Waals surface area (Å²) in [5, 5.41) is 4.73. The van der Waals surface area contributed by atoms with Crippen molar-refractivity contribution in [2.24, 2.45) is 0 Å². The minimum atomic E-state index is -0.341. The molecule has 0 aliphatic rings. The lowest BCUT2D eigenvalue weighted by Gasteiger charge is -2.17. The second-order valence-electron chi connectivity index (χ2n) is 7.92. The van der Waals surface area contributed by atoms with E-state index >= 15 is 0 Å². The van der Waals surface area contributed by atoms with Gasteiger partial charge in [0.25, 0.3) is 0 Å². The topological polar surface area (TPSA) is 27.7 Å². The molecule has 0 saturated heterocycles. The van der Waals surface area contributed by atoms with Crippen LogP contribution in [0.25, 0.3) is 21.5 Å². The Bertz CT molecular complexity index is 1130. The van der Waals surface area contributed by atoms with Crippen LogP contribution in [0.15, 0.2) is 78.9 Å². The molecule has 4 aromatic rings. The van der Waals surface area contributed by atoms with Gasteiger partial charge in [0.1, 0.15) is 18.1 Å². The van der Waals surface area contributed by atoms with Gasteiger partial charge in [-0.1, -0.05) is 74.5 Å². The van der Waals surface area contributed by atoms with Gasteiger partial charge in [-0.3, -0.25) is 0 Å². The second-order valence-corrected chi connectivity index (χ2v) is 7.92. The van der Waals surface area contributed by atoms with Gasteiger partial charge < -0.3 is 14.2 Å². The molecule has 4 aromatic carbocycles. The molecule has 0 radical (unpaired) electrons. The Morgan fingerprint density at radius 2 is 1.42 bits per heavy atom. The third-order valence-electron chi connectivity index (χ3n) is 5.79. The Kier molecular flexibility index (Phi) is 6.73. The van der Waals surface area contributed by atoms with Crippen molar-refractivity contribution in [1.82, 2.24) is 0 Å². The predicted molar refractivity (Wildman–Crippen MR) is 128 cm³/mol. The molecule has 0 spiro atoms. The molecule has 160 valence electrons. The third kappa shape index (κ3) is 5.00. The second kappa shape index (κ2) is 9.84. The maximum atomic E-state index is 6.10. The van der Waals surface area contributed by atoms with Gasteiger partial charge in [0.15, 0.2) is 6.29 Å². The lowest BCUT2D eigenvalue weighted by molar-refractivity contribution is -0.0738. The van der Waals surface area contributed by atoms with Crippen LogP contribution >= 0.6 is 0 Å². The molecule has 0 amide bonds. The van der Waals surface area contributed by atoms with Gasteiger partial charge in [-0.15, -0.1) is 0 Å². The maximum absolute atomic E-state index is 6.10. The molecule has 0 aliphatic heterocycles. The van der Waals surface area contributed by atoms with Crippen molar-refractivity contribution in [2.45, 2.75) is 39.4 Å². The van der Waals surface area contributed by atoms with Gasteiger partial charge in [0.2, 0.25) is 0 Å². The van der Waals surface area contributed by atoms with Crippen molar-refractivity contribution in [3.8, 4) is 11.5 Å². The van der Waals surface area contributed by atoms with Crippen LogP contribution in [0.2, 0.25) is 0 Å². The lowest BCUT2D eigenvalue weighted by Crippen LogP contribution is -2.20. The van der Waals surface area contributed by atoms with Gasteiger partial charge in [-0.05, 0) is 59.2 Å². The number of hydrogen-bond acceptors (Lipinski definition) is 3. The fraction of sp³-hybridized carbons (Fsp3) is 0.286. The highest BCUT2D eigenvalue weighted by molar-refractivity contribution is 6.10. The summed E-state index contributed by atoms with van der Waals surface area (Å²) in [6, 6.07) is 27.1. The first-order valence-electron chi connectivity index (χ1n) is 11.1. The molecule has 0 saturated carbocycles. The van der Waals surface area contributed by atoms with Gasteiger partial charge in [0.05, 0.1) is 6.61 Å². The molecular weight excluding hydrogens is 384 g/mol. The number of rotatable bonds is 9. The molecule has 2 atom stereocenters. The summed E-state index contributed by atoms with van der Waals surface area (Å²) in [5.41, 5.74) is 1.33. The molecule has 2 unspecified atom stereocenters. The zero-order valence-electron chi connectivity index (χ0n) is 18.5. The number of benzene rings is 4. The van der Waals surface area contributed by atoms with Crippen molar-refractivity contribution in [2.75, 3.05) is 13.2 Å². The molecule has 0 bridgehead atoms. The normalized spacial score (nSPS) is 13.3. The Hall–Kier alpha value is -3.04. The third-order valence-corrected chi connectivity index (χ3v) is 5.79. The Balaban J connectivity index is 1.34. The van der Waals surface area contributed by atoms with Gasteiger partial charge >= 0.3 is 0 Å². The number of fused-ring (bicyclic) bond motifs is 3. The van der Waals surface area contributed by atoms with E-state index < -0.39 is 0 Å². The van der Waals surface area contributed by atoms with E-state index in [1.165, 1.54) is 21.7 Å². The monoisotopic (exact) mass is 414 g/mol. The first-order valence-corrected chi connectivity index (χ1v) is 11.1. The summed E-state index contributed by atoms with van der Waals surface area (Å²) in [5.74, 6) is 2.26. The quantitative estimate of drug-likeness (QED) is 0.163. The van der Waals surface area contributed by atoms with Crippen molar-refractivity contribution in [3.05, 3.63) is 84.4 Å². The van der Waals surface area contributed by atoms with Gasteiger partial charge in [0, 0.05) is 5.39 Å². The van der Waals surface area contributed by atoms with E-state index in [0.29, 0.717) is 19.1 Å². The maximum Gasteiger partial charge on any atom is 0.197 e. The van der Waals surface area contributed by atoms with Crippen molar-refractivity contribution < 1.29 is 14.2 Å². The summed E-state index contributed by atoms with van der Waals surface area (Å²) < 4.78 is 17.8. The molecule has 0 aliphatic carbocycles. The Morgan fingerprint density at radius 3 is 2.16 bits per heavy atom. The van der Waals surface area contributed by atoms with Crippen LogP contribution in [0.3, 0.4) is 0 Å². The lowest BCUT2D eigenvalue weighted by atomic mass is 9.99. The summed E-state index contributed by atoms with van der Waals surface area (Å²) >= 11 is 0. The molecule has 4 rings (SSSR count). The average Bonchev–Trinajstić information content (AvgIpc) is 2.81. The van der Waals surface area contributed by atoms with Crippen LogP contribution < -0.4 is 9.47 Å². The molecule has 0 heterocycles. The minimum absolute atomic E-state index is 0.341. The fourth-order valence-electron chi connectivity index (χ4n) is 3.84. The highest BCUT2D eigenvalue weighted by Crippen LogP contribution is 2.33. The highest BCUT2D eigenvalue weighted by atomic mass is 16.7. The van der Waals surface area contributed by atoms with E-state index in [-0.39, 0.29) is 6.29 Å². The first kappa shape index (κ1) is 21.2. The van der Waals surface area contributed by atoms with Crippen molar-refractivity contribution >= 4 is 21.5 Å². The van der Waals surface area contributed by atoms with Crippen LogP contribution in [0.1, 0.15) is 38.7 Å². The average molecular weight is 415 g/mol. The molecular formula is C28H30O3. The highest BCUT2D eigenvalue weighted by Gasteiger charge is 2.09. The standard InChI is InChI=1S/C28H30O3/c1-4-20(2)22-13-15-24(16-14-22)31-21(3)29-17-18-30-28-19-23-9-5-6-10-25(23)26-11-7-8-12-27(26)28/h5-16,19-21H,4,17-18H2,1-3H3. The molecule has 0 fully saturated rings. The molecule has 0 N–H and O–H groups in total. The van der Waals surface area contributed by atoms with Crippen molar-refractivity contribution in [1.29, 1.82) is 0 Å². The molecule has 3 nitrogen and oxygen atoms in total. The van der Waals surface area contributed by atoms with Crippen LogP contribution in [0.5, 0.6) is 11.5 Å². The van der Waals surface area contributed by atoms with E-state index in [0.717, 1.165) is 23.3 Å². The van der Waals surface area contributed by atoms with Crippen LogP contribution in [-0.4, -0.2) is 19.5 Å². The summed E-state index contributed by atoms with van der Waals surface area (Å²) in [6.45, 7) is 7.26. The van der Waals surface area contributed by atoms with E-state index in [2.05, 4.69) is 74.5 Å². The van der Waals surface area contributed by atoms with Gasteiger partial charge in [-0.25, -0.2) is 0 Å². The SMILES string of the molecule is CCC(C)c1ccc(OC(C)OCCOc2cc3ccccc3c3ccccc23)cc1. The fourth-order valence-corrected chi connectivity index (χ4v) is 3.84. The van der Waals surface area contributed by atoms with E-state index in [9.17, 15) is 0 Å². The zero-order valence-corrected chi connectivity index (χ0v) is 18.5. The first-order chi connectivity index (χ1) is 15.2. The van der Waals surface area contributed by atoms with Crippen LogP contribution in [0.4, 0.5) is 0 Å². The molecule has 0 aromatic heterocycles. The van der Waals surface area contributed by atoms with Gasteiger partial charge in [-0.2, -0.15) is 0 Å². The number of ether oxygens (including phenoxy) is 3.